The molecule has 0 saturated heterocycles. The van der Waals surface area contributed by atoms with Crippen LogP contribution >= 0.6 is 27.5 Å². The first kappa shape index (κ1) is 18.8. The fourth-order valence-corrected chi connectivity index (χ4v) is 3.46. The Morgan fingerprint density at radius 3 is 2.46 bits per heavy atom. The molecule has 28 heavy (non-hydrogen) atoms. The van der Waals surface area contributed by atoms with Crippen LogP contribution in [0.3, 0.4) is 0 Å². The lowest BCUT2D eigenvalue weighted by Gasteiger charge is -2.20. The summed E-state index contributed by atoms with van der Waals surface area (Å²) in [6.07, 6.45) is 0.289. The molecule has 0 bridgehead atoms. The van der Waals surface area contributed by atoms with Crippen molar-refractivity contribution in [2.75, 3.05) is 12.1 Å². The summed E-state index contributed by atoms with van der Waals surface area (Å²) in [6.45, 7) is 0.216. The molecule has 0 radical (unpaired) electrons. The molecule has 6 heteroatoms. The van der Waals surface area contributed by atoms with Crippen molar-refractivity contribution in [3.8, 4) is 11.5 Å². The average molecular weight is 459 g/mol. The fourth-order valence-electron chi connectivity index (χ4n) is 3.07. The van der Waals surface area contributed by atoms with Crippen LogP contribution in [0.25, 0.3) is 0 Å². The second-order valence-electron chi connectivity index (χ2n) is 6.45. The van der Waals surface area contributed by atoms with E-state index < -0.39 is 0 Å². The number of carbonyl (C=O) groups excluding carboxylic acids is 1. The van der Waals surface area contributed by atoms with Gasteiger partial charge in [-0.2, -0.15) is 0 Å². The maximum atomic E-state index is 12.9. The molecule has 1 heterocycles. The first-order valence-electron chi connectivity index (χ1n) is 8.79. The van der Waals surface area contributed by atoms with Gasteiger partial charge in [0, 0.05) is 27.2 Å². The molecule has 0 fully saturated rings. The molecule has 0 saturated carbocycles. The van der Waals surface area contributed by atoms with E-state index in [-0.39, 0.29) is 25.0 Å². The molecule has 4 nitrogen and oxygen atoms in total. The van der Waals surface area contributed by atoms with Crippen LogP contribution in [0.4, 0.5) is 5.69 Å². The van der Waals surface area contributed by atoms with Crippen LogP contribution in [0, 0.1) is 0 Å². The van der Waals surface area contributed by atoms with E-state index in [9.17, 15) is 4.79 Å². The molecular weight excluding hydrogens is 442 g/mol. The van der Waals surface area contributed by atoms with Crippen molar-refractivity contribution in [2.24, 2.45) is 0 Å². The Morgan fingerprint density at radius 1 is 1.00 bits per heavy atom. The number of anilines is 1. The fraction of sp³-hybridized carbons (Fsp3) is 0.136. The van der Waals surface area contributed by atoms with Gasteiger partial charge in [0.15, 0.2) is 17.3 Å². The normalized spacial score (nSPS) is 13.2. The lowest BCUT2D eigenvalue weighted by atomic mass is 9.97. The first-order valence-corrected chi connectivity index (χ1v) is 9.96. The lowest BCUT2D eigenvalue weighted by Crippen LogP contribution is -2.16. The van der Waals surface area contributed by atoms with Crippen LogP contribution in [0.1, 0.15) is 28.4 Å². The molecule has 1 unspecified atom stereocenters. The molecule has 0 spiro atoms. The average Bonchev–Trinajstić information content (AvgIpc) is 3.17. The predicted octanol–water partition coefficient (Wildman–Crippen LogP) is 6.26. The number of Topliss-reactive ketones (excluding diaryl/α,β-unsaturated/α-hetero) is 1. The topological polar surface area (TPSA) is 47.6 Å². The van der Waals surface area contributed by atoms with E-state index in [2.05, 4.69) is 21.2 Å². The number of benzene rings is 3. The summed E-state index contributed by atoms with van der Waals surface area (Å²) in [5.74, 6) is 1.44. The summed E-state index contributed by atoms with van der Waals surface area (Å²) in [5, 5.41) is 4.07. The number of hydrogen-bond acceptors (Lipinski definition) is 4. The van der Waals surface area contributed by atoms with Gasteiger partial charge in [0.2, 0.25) is 6.79 Å². The van der Waals surface area contributed by atoms with Gasteiger partial charge >= 0.3 is 0 Å². The van der Waals surface area contributed by atoms with Gasteiger partial charge in [0.25, 0.3) is 0 Å². The standard InChI is InChI=1S/C22H17BrClNO3/c23-16-4-8-18(9-5-16)25-19(12-20(26)14-1-6-17(24)7-2-14)15-3-10-21-22(11-15)28-13-27-21/h1-11,19,25H,12-13H2. The van der Waals surface area contributed by atoms with Crippen molar-refractivity contribution in [3.05, 3.63) is 87.4 Å². The van der Waals surface area contributed by atoms with Gasteiger partial charge in [-0.3, -0.25) is 4.79 Å². The third-order valence-electron chi connectivity index (χ3n) is 4.54. The van der Waals surface area contributed by atoms with Gasteiger partial charge in [-0.25, -0.2) is 0 Å². The molecule has 0 aliphatic carbocycles. The molecule has 1 N–H and O–H groups in total. The summed E-state index contributed by atoms with van der Waals surface area (Å²) < 4.78 is 11.9. The maximum Gasteiger partial charge on any atom is 0.231 e. The molecule has 4 rings (SSSR count). The maximum absolute atomic E-state index is 12.9. The zero-order chi connectivity index (χ0) is 19.5. The Hall–Kier alpha value is -2.50. The van der Waals surface area contributed by atoms with Crippen molar-refractivity contribution < 1.29 is 14.3 Å². The summed E-state index contributed by atoms with van der Waals surface area (Å²) >= 11 is 9.38. The number of hydrogen-bond donors (Lipinski definition) is 1. The van der Waals surface area contributed by atoms with Gasteiger partial charge in [-0.1, -0.05) is 33.6 Å². The number of nitrogens with one attached hydrogen (secondary N) is 1. The first-order chi connectivity index (χ1) is 13.6. The zero-order valence-corrected chi connectivity index (χ0v) is 17.2. The smallest absolute Gasteiger partial charge is 0.231 e. The molecular formula is C22H17BrClNO3. The molecule has 1 aliphatic heterocycles. The van der Waals surface area contributed by atoms with Crippen LogP contribution in [-0.4, -0.2) is 12.6 Å². The Balaban J connectivity index is 1.61. The Kier molecular flexibility index (Phi) is 5.55. The molecule has 1 atom stereocenters. The van der Waals surface area contributed by atoms with Crippen LogP contribution in [0.2, 0.25) is 5.02 Å². The molecule has 0 aromatic heterocycles. The van der Waals surface area contributed by atoms with E-state index in [1.54, 1.807) is 24.3 Å². The Morgan fingerprint density at radius 2 is 1.71 bits per heavy atom. The quantitative estimate of drug-likeness (QED) is 0.443. The van der Waals surface area contributed by atoms with Gasteiger partial charge in [0.05, 0.1) is 6.04 Å². The molecule has 3 aromatic rings. The molecule has 1 aliphatic rings. The van der Waals surface area contributed by atoms with E-state index in [1.165, 1.54) is 0 Å². The van der Waals surface area contributed by atoms with E-state index in [0.717, 1.165) is 21.5 Å². The molecule has 0 amide bonds. The Bertz CT molecular complexity index is 990. The number of carbonyl (C=O) groups is 1. The molecule has 142 valence electrons. The minimum atomic E-state index is -0.223. The van der Waals surface area contributed by atoms with Crippen LogP contribution in [0.15, 0.2) is 71.2 Å². The Labute approximate surface area is 176 Å². The third-order valence-corrected chi connectivity index (χ3v) is 5.32. The van der Waals surface area contributed by atoms with E-state index >= 15 is 0 Å². The van der Waals surface area contributed by atoms with Crippen molar-refractivity contribution >= 4 is 39.0 Å². The largest absolute Gasteiger partial charge is 0.454 e. The summed E-state index contributed by atoms with van der Waals surface area (Å²) in [5.41, 5.74) is 2.51. The summed E-state index contributed by atoms with van der Waals surface area (Å²) in [6, 6.07) is 20.3. The predicted molar refractivity (Wildman–Crippen MR) is 113 cm³/mol. The van der Waals surface area contributed by atoms with Gasteiger partial charge < -0.3 is 14.8 Å². The number of ketones is 1. The second-order valence-corrected chi connectivity index (χ2v) is 7.80. The number of halogens is 2. The van der Waals surface area contributed by atoms with E-state index in [0.29, 0.717) is 16.3 Å². The highest BCUT2D eigenvalue weighted by Gasteiger charge is 2.21. The minimum absolute atomic E-state index is 0.0314. The van der Waals surface area contributed by atoms with Crippen molar-refractivity contribution in [1.29, 1.82) is 0 Å². The van der Waals surface area contributed by atoms with Crippen LogP contribution < -0.4 is 14.8 Å². The summed E-state index contributed by atoms with van der Waals surface area (Å²) in [4.78, 5) is 12.9. The van der Waals surface area contributed by atoms with Crippen LogP contribution in [0.5, 0.6) is 11.5 Å². The van der Waals surface area contributed by atoms with E-state index in [1.807, 2.05) is 42.5 Å². The molecule has 3 aromatic carbocycles. The highest BCUT2D eigenvalue weighted by molar-refractivity contribution is 9.10. The van der Waals surface area contributed by atoms with Gasteiger partial charge in [0.1, 0.15) is 0 Å². The second kappa shape index (κ2) is 8.25. The summed E-state index contributed by atoms with van der Waals surface area (Å²) in [7, 11) is 0. The number of rotatable bonds is 6. The number of fused-ring (bicyclic) bond motifs is 1. The van der Waals surface area contributed by atoms with Crippen molar-refractivity contribution in [3.63, 3.8) is 0 Å². The van der Waals surface area contributed by atoms with Gasteiger partial charge in [-0.15, -0.1) is 0 Å². The van der Waals surface area contributed by atoms with Crippen LogP contribution in [-0.2, 0) is 0 Å². The van der Waals surface area contributed by atoms with Crippen molar-refractivity contribution in [1.82, 2.24) is 0 Å². The zero-order valence-electron chi connectivity index (χ0n) is 14.8. The lowest BCUT2D eigenvalue weighted by molar-refractivity contribution is 0.0976. The number of ether oxygens (including phenoxy) is 2. The highest BCUT2D eigenvalue weighted by atomic mass is 79.9. The van der Waals surface area contributed by atoms with E-state index in [4.69, 9.17) is 21.1 Å². The van der Waals surface area contributed by atoms with Crippen molar-refractivity contribution in [2.45, 2.75) is 12.5 Å². The SMILES string of the molecule is O=C(CC(Nc1ccc(Br)cc1)c1ccc2c(c1)OCO2)c1ccc(Cl)cc1. The third kappa shape index (κ3) is 4.32. The highest BCUT2D eigenvalue weighted by Crippen LogP contribution is 2.36. The minimum Gasteiger partial charge on any atom is -0.454 e. The van der Waals surface area contributed by atoms with Gasteiger partial charge in [-0.05, 0) is 66.2 Å². The monoisotopic (exact) mass is 457 g/mol.